The normalized spacial score (nSPS) is 11.6. The zero-order valence-electron chi connectivity index (χ0n) is 2.12. The average Bonchev–Trinajstić information content (AvgIpc) is 0.722. The molecular formula is H2O2SSe2. The summed E-state index contributed by atoms with van der Waals surface area (Å²) >= 11 is 4.24. The first kappa shape index (κ1) is 6.31. The summed E-state index contributed by atoms with van der Waals surface area (Å²) in [5.41, 5.74) is 0. The van der Waals surface area contributed by atoms with Crippen LogP contribution >= 0.6 is 6.44 Å². The molecule has 0 spiro atoms. The van der Waals surface area contributed by atoms with E-state index in [0.717, 1.165) is 0 Å². The van der Waals surface area contributed by atoms with Gasteiger partial charge in [0, 0.05) is 0 Å². The SMILES string of the molecule is OS(O)(=[Se])=[Se]. The number of hydrogen-bond acceptors (Lipinski definition) is 2. The van der Waals surface area contributed by atoms with Crippen molar-refractivity contribution in [3.05, 3.63) is 0 Å². The second-order valence-corrected chi connectivity index (χ2v) is 10.4. The van der Waals surface area contributed by atoms with Crippen molar-refractivity contribution < 1.29 is 9.11 Å². The predicted molar refractivity (Wildman–Crippen MR) is 24.4 cm³/mol. The number of rotatable bonds is 0. The molecule has 0 aliphatic carbocycles. The Bertz CT molecular complexity index is 90.8. The van der Waals surface area contributed by atoms with Crippen LogP contribution in [0, 0.1) is 0 Å². The number of hydrogen-bond donors (Lipinski definition) is 2. The van der Waals surface area contributed by atoms with Gasteiger partial charge in [-0.1, -0.05) is 0 Å². The molecule has 0 aliphatic heterocycles. The van der Waals surface area contributed by atoms with E-state index in [9.17, 15) is 0 Å². The fraction of sp³-hybridized carbons (Fsp3) is 0. The second-order valence-electron chi connectivity index (χ2n) is 0.448. The maximum atomic E-state index is 8.05. The summed E-state index contributed by atoms with van der Waals surface area (Å²) in [6, 6.07) is 0. The molecule has 0 saturated carbocycles. The summed E-state index contributed by atoms with van der Waals surface area (Å²) in [7, 11) is 0. The topological polar surface area (TPSA) is 40.5 Å². The van der Waals surface area contributed by atoms with Gasteiger partial charge in [0.1, 0.15) is 0 Å². The van der Waals surface area contributed by atoms with E-state index in [2.05, 4.69) is 28.8 Å². The van der Waals surface area contributed by atoms with Gasteiger partial charge in [-0.15, -0.1) is 0 Å². The van der Waals surface area contributed by atoms with Gasteiger partial charge in [0.2, 0.25) is 0 Å². The first-order valence-electron chi connectivity index (χ1n) is 0.698. The molecule has 5 heavy (non-hydrogen) atoms. The first-order chi connectivity index (χ1) is 2.00. The van der Waals surface area contributed by atoms with Gasteiger partial charge in [0.15, 0.2) is 0 Å². The fourth-order valence-corrected chi connectivity index (χ4v) is 0. The third-order valence-electron chi connectivity index (χ3n) is 0. The van der Waals surface area contributed by atoms with Gasteiger partial charge >= 0.3 is 44.3 Å². The predicted octanol–water partition coefficient (Wildman–Crippen LogP) is -0.0960. The van der Waals surface area contributed by atoms with Crippen molar-refractivity contribution >= 4 is 35.2 Å². The van der Waals surface area contributed by atoms with Gasteiger partial charge in [-0.25, -0.2) is 0 Å². The second kappa shape index (κ2) is 1.85. The van der Waals surface area contributed by atoms with Gasteiger partial charge in [-0.3, -0.25) is 0 Å². The molecule has 0 unspecified atom stereocenters. The Morgan fingerprint density at radius 3 is 1.20 bits per heavy atom. The summed E-state index contributed by atoms with van der Waals surface area (Å²) in [6.45, 7) is 0. The molecule has 0 rings (SSSR count). The monoisotopic (exact) mass is 226 g/mol. The third kappa shape index (κ3) is 33.9. The van der Waals surface area contributed by atoms with Crippen molar-refractivity contribution in [1.82, 2.24) is 0 Å². The van der Waals surface area contributed by atoms with Crippen LogP contribution in [0.4, 0.5) is 0 Å². The minimum atomic E-state index is -2.42. The van der Waals surface area contributed by atoms with Crippen LogP contribution in [0.25, 0.3) is 0 Å². The molecule has 0 aromatic carbocycles. The Hall–Kier alpha value is 1.31. The summed E-state index contributed by atoms with van der Waals surface area (Å²) in [5.74, 6) is 0. The van der Waals surface area contributed by atoms with Crippen molar-refractivity contribution in [2.45, 2.75) is 0 Å². The van der Waals surface area contributed by atoms with Crippen molar-refractivity contribution in [3.8, 4) is 0 Å². The molecule has 0 saturated heterocycles. The maximum absolute atomic E-state index is 8.05. The minimum absolute atomic E-state index is 2.12. The molecule has 0 fully saturated rings. The Kier molecular flexibility index (Phi) is 2.33. The molecule has 2 nitrogen and oxygen atoms in total. The van der Waals surface area contributed by atoms with Crippen LogP contribution in [-0.4, -0.2) is 37.9 Å². The first-order valence-corrected chi connectivity index (χ1v) is 6.29. The summed E-state index contributed by atoms with van der Waals surface area (Å²) in [5, 5.41) is 0. The van der Waals surface area contributed by atoms with Gasteiger partial charge in [-0.05, 0) is 0 Å². The van der Waals surface area contributed by atoms with E-state index in [1.807, 2.05) is 0 Å². The van der Waals surface area contributed by atoms with Gasteiger partial charge < -0.3 is 0 Å². The van der Waals surface area contributed by atoms with E-state index >= 15 is 0 Å². The molecule has 0 radical (unpaired) electrons. The van der Waals surface area contributed by atoms with E-state index in [4.69, 9.17) is 9.11 Å². The van der Waals surface area contributed by atoms with Crippen LogP contribution in [0.15, 0.2) is 0 Å². The molecule has 0 heterocycles. The summed E-state index contributed by atoms with van der Waals surface area (Å²) in [4.78, 5) is 0. The van der Waals surface area contributed by atoms with Crippen LogP contribution < -0.4 is 0 Å². The molecule has 0 aliphatic rings. The van der Waals surface area contributed by atoms with E-state index in [1.54, 1.807) is 0 Å². The molecule has 0 aromatic rings. The standard InChI is InChI=1S/H2O2SSe2/c1-3(2,4)5/h(H2,1,2,4,5). The Morgan fingerprint density at radius 2 is 1.20 bits per heavy atom. The van der Waals surface area contributed by atoms with Crippen LogP contribution in [0.2, 0.25) is 0 Å². The Morgan fingerprint density at radius 1 is 1.20 bits per heavy atom. The van der Waals surface area contributed by atoms with Gasteiger partial charge in [0.25, 0.3) is 0 Å². The van der Waals surface area contributed by atoms with Gasteiger partial charge in [0.05, 0.1) is 0 Å². The van der Waals surface area contributed by atoms with Crippen LogP contribution in [0.3, 0.4) is 0 Å². The van der Waals surface area contributed by atoms with E-state index in [1.165, 1.54) is 0 Å². The quantitative estimate of drug-likeness (QED) is 0.564. The van der Waals surface area contributed by atoms with Crippen LogP contribution in [0.1, 0.15) is 0 Å². The molecule has 0 aromatic heterocycles. The molecular weight excluding hydrogens is 222 g/mol. The molecule has 0 amide bonds. The summed E-state index contributed by atoms with van der Waals surface area (Å²) < 4.78 is 16.1. The van der Waals surface area contributed by atoms with Crippen molar-refractivity contribution in [1.29, 1.82) is 0 Å². The van der Waals surface area contributed by atoms with Gasteiger partial charge in [-0.2, -0.15) is 0 Å². The fourth-order valence-electron chi connectivity index (χ4n) is 0. The molecule has 0 bridgehead atoms. The molecule has 0 atom stereocenters. The molecule has 2 N–H and O–H groups in total. The van der Waals surface area contributed by atoms with Crippen LogP contribution in [0.5, 0.6) is 0 Å². The molecule has 5 heteroatoms. The molecule has 32 valence electrons. The summed E-state index contributed by atoms with van der Waals surface area (Å²) in [6.07, 6.45) is -2.42. The van der Waals surface area contributed by atoms with Crippen molar-refractivity contribution in [3.63, 3.8) is 0 Å². The van der Waals surface area contributed by atoms with Crippen molar-refractivity contribution in [2.24, 2.45) is 0 Å². The van der Waals surface area contributed by atoms with E-state index in [-0.39, 0.29) is 0 Å². The van der Waals surface area contributed by atoms with E-state index < -0.39 is 6.44 Å². The third-order valence-corrected chi connectivity index (χ3v) is 0. The van der Waals surface area contributed by atoms with Crippen LogP contribution in [-0.2, 0) is 0 Å². The average molecular weight is 224 g/mol. The van der Waals surface area contributed by atoms with Crippen molar-refractivity contribution in [2.75, 3.05) is 0 Å². The Labute approximate surface area is 44.4 Å². The van der Waals surface area contributed by atoms with E-state index in [0.29, 0.717) is 0 Å². The Balaban J connectivity index is 4.06. The zero-order chi connectivity index (χ0) is 4.50. The zero-order valence-corrected chi connectivity index (χ0v) is 6.36.